The summed E-state index contributed by atoms with van der Waals surface area (Å²) in [6, 6.07) is 21.3. The third-order valence-electron chi connectivity index (χ3n) is 4.49. The third kappa shape index (κ3) is 4.06. The van der Waals surface area contributed by atoms with E-state index >= 15 is 0 Å². The minimum Gasteiger partial charge on any atom is -0.348 e. The van der Waals surface area contributed by atoms with Crippen LogP contribution in [0, 0.1) is 11.6 Å². The fourth-order valence-corrected chi connectivity index (χ4v) is 3.02. The molecule has 1 heterocycles. The standard InChI is InChI=1S/C23H17F2N3O/c24-18-12-10-16(11-13-18)22-17(15-28(27-22)19-6-2-1-3-7-19)14-26-23(29)20-8-4-5-9-21(20)25/h1-13,15H,14H2,(H,26,29). The van der Waals surface area contributed by atoms with Crippen LogP contribution < -0.4 is 5.32 Å². The van der Waals surface area contributed by atoms with Crippen LogP contribution in [0.4, 0.5) is 8.78 Å². The van der Waals surface area contributed by atoms with E-state index in [1.807, 2.05) is 30.3 Å². The first-order valence-corrected chi connectivity index (χ1v) is 9.04. The van der Waals surface area contributed by atoms with E-state index in [0.29, 0.717) is 5.69 Å². The molecule has 144 valence electrons. The van der Waals surface area contributed by atoms with Gasteiger partial charge in [-0.1, -0.05) is 30.3 Å². The molecule has 1 N–H and O–H groups in total. The predicted molar refractivity (Wildman–Crippen MR) is 107 cm³/mol. The van der Waals surface area contributed by atoms with Crippen molar-refractivity contribution >= 4 is 5.91 Å². The van der Waals surface area contributed by atoms with E-state index in [1.54, 1.807) is 29.1 Å². The van der Waals surface area contributed by atoms with Gasteiger partial charge in [0.25, 0.3) is 5.91 Å². The Balaban J connectivity index is 1.66. The average Bonchev–Trinajstić information content (AvgIpc) is 3.18. The van der Waals surface area contributed by atoms with Crippen molar-refractivity contribution in [1.29, 1.82) is 0 Å². The molecular weight excluding hydrogens is 372 g/mol. The van der Waals surface area contributed by atoms with Gasteiger partial charge in [0.15, 0.2) is 0 Å². The number of amides is 1. The number of aromatic nitrogens is 2. The number of carbonyl (C=O) groups is 1. The predicted octanol–water partition coefficient (Wildman–Crippen LogP) is 4.75. The van der Waals surface area contributed by atoms with Gasteiger partial charge in [0, 0.05) is 23.9 Å². The largest absolute Gasteiger partial charge is 0.348 e. The minimum absolute atomic E-state index is 0.0220. The van der Waals surface area contributed by atoms with Crippen LogP contribution in [-0.4, -0.2) is 15.7 Å². The van der Waals surface area contributed by atoms with Gasteiger partial charge in [-0.2, -0.15) is 5.10 Å². The highest BCUT2D eigenvalue weighted by Gasteiger charge is 2.15. The number of nitrogens with one attached hydrogen (secondary N) is 1. The first-order chi connectivity index (χ1) is 14.1. The molecule has 0 unspecified atom stereocenters. The fourth-order valence-electron chi connectivity index (χ4n) is 3.02. The SMILES string of the molecule is O=C(NCc1cn(-c2ccccc2)nc1-c1ccc(F)cc1)c1ccccc1F. The Morgan fingerprint density at radius 3 is 2.31 bits per heavy atom. The van der Waals surface area contributed by atoms with Crippen molar-refractivity contribution in [2.75, 3.05) is 0 Å². The van der Waals surface area contributed by atoms with E-state index in [9.17, 15) is 13.6 Å². The number of para-hydroxylation sites is 1. The summed E-state index contributed by atoms with van der Waals surface area (Å²) in [5.74, 6) is -1.44. The minimum atomic E-state index is -0.580. The summed E-state index contributed by atoms with van der Waals surface area (Å²) in [6.07, 6.45) is 1.80. The van der Waals surface area contributed by atoms with Crippen molar-refractivity contribution in [3.05, 3.63) is 108 Å². The Hall–Kier alpha value is -3.80. The van der Waals surface area contributed by atoms with E-state index in [4.69, 9.17) is 0 Å². The molecule has 0 aliphatic carbocycles. The quantitative estimate of drug-likeness (QED) is 0.536. The van der Waals surface area contributed by atoms with Crippen LogP contribution in [-0.2, 0) is 6.54 Å². The van der Waals surface area contributed by atoms with Crippen molar-refractivity contribution < 1.29 is 13.6 Å². The number of hydrogen-bond donors (Lipinski definition) is 1. The van der Waals surface area contributed by atoms with Gasteiger partial charge in [-0.15, -0.1) is 0 Å². The molecule has 0 saturated carbocycles. The number of benzene rings is 3. The number of rotatable bonds is 5. The molecule has 6 heteroatoms. The average molecular weight is 389 g/mol. The van der Waals surface area contributed by atoms with E-state index in [0.717, 1.165) is 16.8 Å². The maximum atomic E-state index is 13.9. The summed E-state index contributed by atoms with van der Waals surface area (Å²) >= 11 is 0. The zero-order valence-electron chi connectivity index (χ0n) is 15.3. The number of carbonyl (C=O) groups excluding carboxylic acids is 1. The monoisotopic (exact) mass is 389 g/mol. The summed E-state index contributed by atoms with van der Waals surface area (Å²) < 4.78 is 28.9. The zero-order chi connectivity index (χ0) is 20.2. The van der Waals surface area contributed by atoms with Crippen molar-refractivity contribution in [2.24, 2.45) is 0 Å². The van der Waals surface area contributed by atoms with Crippen LogP contribution in [0.2, 0.25) is 0 Å². The molecular formula is C23H17F2N3O. The maximum Gasteiger partial charge on any atom is 0.254 e. The third-order valence-corrected chi connectivity index (χ3v) is 4.49. The highest BCUT2D eigenvalue weighted by atomic mass is 19.1. The number of hydrogen-bond acceptors (Lipinski definition) is 2. The van der Waals surface area contributed by atoms with E-state index in [1.165, 1.54) is 30.3 Å². The van der Waals surface area contributed by atoms with Crippen molar-refractivity contribution in [2.45, 2.75) is 6.54 Å². The highest BCUT2D eigenvalue weighted by Crippen LogP contribution is 2.24. The van der Waals surface area contributed by atoms with Crippen LogP contribution in [0.15, 0.2) is 85.1 Å². The lowest BCUT2D eigenvalue weighted by Gasteiger charge is -2.06. The summed E-state index contributed by atoms with van der Waals surface area (Å²) in [6.45, 7) is 0.146. The summed E-state index contributed by atoms with van der Waals surface area (Å²) in [5.41, 5.74) is 2.89. The summed E-state index contributed by atoms with van der Waals surface area (Å²) in [5, 5.41) is 7.35. The van der Waals surface area contributed by atoms with Gasteiger partial charge in [0.1, 0.15) is 11.6 Å². The normalized spacial score (nSPS) is 10.7. The van der Waals surface area contributed by atoms with Gasteiger partial charge in [-0.05, 0) is 48.5 Å². The van der Waals surface area contributed by atoms with Crippen molar-refractivity contribution in [3.63, 3.8) is 0 Å². The van der Waals surface area contributed by atoms with Crippen LogP contribution in [0.5, 0.6) is 0 Å². The molecule has 0 fully saturated rings. The molecule has 29 heavy (non-hydrogen) atoms. The molecule has 4 nitrogen and oxygen atoms in total. The maximum absolute atomic E-state index is 13.9. The van der Waals surface area contributed by atoms with Crippen molar-refractivity contribution in [1.82, 2.24) is 15.1 Å². The Labute approximate surface area is 166 Å². The van der Waals surface area contributed by atoms with Gasteiger partial charge in [0.2, 0.25) is 0 Å². The van der Waals surface area contributed by atoms with E-state index in [-0.39, 0.29) is 17.9 Å². The summed E-state index contributed by atoms with van der Waals surface area (Å²) in [4.78, 5) is 12.4. The van der Waals surface area contributed by atoms with Crippen LogP contribution >= 0.6 is 0 Å². The van der Waals surface area contributed by atoms with Gasteiger partial charge < -0.3 is 5.32 Å². The van der Waals surface area contributed by atoms with Crippen LogP contribution in [0.25, 0.3) is 16.9 Å². The Bertz CT molecular complexity index is 1140. The Morgan fingerprint density at radius 2 is 1.59 bits per heavy atom. The lowest BCUT2D eigenvalue weighted by molar-refractivity contribution is 0.0947. The van der Waals surface area contributed by atoms with E-state index < -0.39 is 11.7 Å². The van der Waals surface area contributed by atoms with E-state index in [2.05, 4.69) is 10.4 Å². The van der Waals surface area contributed by atoms with Crippen LogP contribution in [0.3, 0.4) is 0 Å². The highest BCUT2D eigenvalue weighted by molar-refractivity contribution is 5.94. The molecule has 4 rings (SSSR count). The van der Waals surface area contributed by atoms with Crippen LogP contribution in [0.1, 0.15) is 15.9 Å². The second-order valence-corrected chi connectivity index (χ2v) is 6.45. The first-order valence-electron chi connectivity index (χ1n) is 9.04. The Kier molecular flexibility index (Phi) is 5.16. The molecule has 1 amide bonds. The molecule has 1 aromatic heterocycles. The molecule has 4 aromatic rings. The van der Waals surface area contributed by atoms with Gasteiger partial charge in [-0.25, -0.2) is 13.5 Å². The Morgan fingerprint density at radius 1 is 0.897 bits per heavy atom. The first kappa shape index (κ1) is 18.6. The molecule has 0 atom stereocenters. The molecule has 0 saturated heterocycles. The molecule has 0 aliphatic rings. The molecule has 0 spiro atoms. The molecule has 0 bridgehead atoms. The summed E-state index contributed by atoms with van der Waals surface area (Å²) in [7, 11) is 0. The number of nitrogens with zero attached hydrogens (tertiary/aromatic N) is 2. The second kappa shape index (κ2) is 8.06. The lowest BCUT2D eigenvalue weighted by atomic mass is 10.1. The lowest BCUT2D eigenvalue weighted by Crippen LogP contribution is -2.23. The smallest absolute Gasteiger partial charge is 0.254 e. The fraction of sp³-hybridized carbons (Fsp3) is 0.0435. The molecule has 0 aliphatic heterocycles. The van der Waals surface area contributed by atoms with Gasteiger partial charge in [-0.3, -0.25) is 4.79 Å². The van der Waals surface area contributed by atoms with Gasteiger partial charge >= 0.3 is 0 Å². The zero-order valence-corrected chi connectivity index (χ0v) is 15.3. The second-order valence-electron chi connectivity index (χ2n) is 6.45. The molecule has 0 radical (unpaired) electrons. The van der Waals surface area contributed by atoms with Crippen molar-refractivity contribution in [3.8, 4) is 16.9 Å². The number of halogens is 2. The molecule has 3 aromatic carbocycles. The van der Waals surface area contributed by atoms with Gasteiger partial charge in [0.05, 0.1) is 16.9 Å². The topological polar surface area (TPSA) is 46.9 Å².